The van der Waals surface area contributed by atoms with E-state index in [4.69, 9.17) is 4.55 Å². The van der Waals surface area contributed by atoms with Crippen molar-refractivity contribution in [1.29, 1.82) is 0 Å². The number of hydrogen-bond donors (Lipinski definition) is 2. The maximum Gasteiger partial charge on any atom is 0.357 e. The fourth-order valence-electron chi connectivity index (χ4n) is 0.842. The molecule has 0 unspecified atom stereocenters. The van der Waals surface area contributed by atoms with Crippen molar-refractivity contribution in [2.24, 2.45) is 0 Å². The number of nitrogens with one attached hydrogen (secondary N) is 1. The lowest BCUT2D eigenvalue weighted by molar-refractivity contribution is 0.489. The van der Waals surface area contributed by atoms with Crippen LogP contribution in [0.4, 0.5) is 5.69 Å². The Morgan fingerprint density at radius 2 is 2.08 bits per heavy atom. The third kappa shape index (κ3) is 3.33. The van der Waals surface area contributed by atoms with Crippen LogP contribution >= 0.6 is 15.9 Å². The fourth-order valence-corrected chi connectivity index (χ4v) is 2.02. The predicted octanol–water partition coefficient (Wildman–Crippen LogP) is 1.97. The molecule has 0 aliphatic rings. The highest BCUT2D eigenvalue weighted by atomic mass is 79.9. The molecule has 6 heteroatoms. The Bertz CT molecular complexity index is 416. The first kappa shape index (κ1) is 10.5. The first-order chi connectivity index (χ1) is 5.88. The van der Waals surface area contributed by atoms with Gasteiger partial charge >= 0.3 is 10.3 Å². The molecule has 13 heavy (non-hydrogen) atoms. The van der Waals surface area contributed by atoms with Crippen LogP contribution in [-0.4, -0.2) is 13.0 Å². The Morgan fingerprint density at radius 1 is 1.46 bits per heavy atom. The van der Waals surface area contributed by atoms with E-state index in [-0.39, 0.29) is 0 Å². The van der Waals surface area contributed by atoms with E-state index in [2.05, 4.69) is 15.9 Å². The molecule has 4 nitrogen and oxygen atoms in total. The molecule has 1 aromatic carbocycles. The van der Waals surface area contributed by atoms with Crippen LogP contribution in [0, 0.1) is 6.92 Å². The number of aryl methyl sites for hydroxylation is 1. The summed E-state index contributed by atoms with van der Waals surface area (Å²) in [7, 11) is -4.19. The molecule has 1 rings (SSSR count). The van der Waals surface area contributed by atoms with Crippen LogP contribution in [0.15, 0.2) is 22.7 Å². The lowest BCUT2D eigenvalue weighted by Gasteiger charge is -2.05. The molecule has 0 heterocycles. The SMILES string of the molecule is Cc1ccc(NS(=O)(=O)O)c(Br)c1. The monoisotopic (exact) mass is 265 g/mol. The summed E-state index contributed by atoms with van der Waals surface area (Å²) in [6, 6.07) is 5.04. The number of rotatable bonds is 2. The minimum absolute atomic E-state index is 0.313. The average Bonchev–Trinajstić information content (AvgIpc) is 1.93. The van der Waals surface area contributed by atoms with E-state index in [1.165, 1.54) is 0 Å². The van der Waals surface area contributed by atoms with Crippen LogP contribution in [0.3, 0.4) is 0 Å². The Morgan fingerprint density at radius 3 is 2.54 bits per heavy atom. The zero-order valence-corrected chi connectivity index (χ0v) is 9.18. The van der Waals surface area contributed by atoms with E-state index in [0.29, 0.717) is 10.2 Å². The van der Waals surface area contributed by atoms with Gasteiger partial charge in [-0.25, -0.2) is 0 Å². The van der Waals surface area contributed by atoms with Crippen molar-refractivity contribution in [3.63, 3.8) is 0 Å². The van der Waals surface area contributed by atoms with Crippen molar-refractivity contribution in [2.45, 2.75) is 6.92 Å². The van der Waals surface area contributed by atoms with Crippen LogP contribution in [0.25, 0.3) is 0 Å². The molecular weight excluding hydrogens is 258 g/mol. The summed E-state index contributed by atoms with van der Waals surface area (Å²) in [6.45, 7) is 1.88. The van der Waals surface area contributed by atoms with Gasteiger partial charge in [-0.15, -0.1) is 0 Å². The third-order valence-electron chi connectivity index (χ3n) is 1.36. The van der Waals surface area contributed by atoms with Crippen LogP contribution in [0.1, 0.15) is 5.56 Å². The van der Waals surface area contributed by atoms with E-state index >= 15 is 0 Å². The third-order valence-corrected chi connectivity index (χ3v) is 2.50. The van der Waals surface area contributed by atoms with E-state index in [9.17, 15) is 8.42 Å². The Hall–Kier alpha value is -0.590. The van der Waals surface area contributed by atoms with Crippen LogP contribution < -0.4 is 4.72 Å². The van der Waals surface area contributed by atoms with E-state index in [0.717, 1.165) is 5.56 Å². The molecule has 0 spiro atoms. The minimum Gasteiger partial charge on any atom is -0.269 e. The molecule has 0 amide bonds. The van der Waals surface area contributed by atoms with Gasteiger partial charge in [-0.1, -0.05) is 6.07 Å². The molecule has 0 atom stereocenters. The highest BCUT2D eigenvalue weighted by Gasteiger charge is 2.06. The van der Waals surface area contributed by atoms with Crippen molar-refractivity contribution >= 4 is 31.9 Å². The summed E-state index contributed by atoms with van der Waals surface area (Å²) in [5, 5.41) is 0. The van der Waals surface area contributed by atoms with Gasteiger partial charge in [0.2, 0.25) is 0 Å². The highest BCUT2D eigenvalue weighted by molar-refractivity contribution is 9.10. The van der Waals surface area contributed by atoms with Gasteiger partial charge in [0, 0.05) is 4.47 Å². The average molecular weight is 266 g/mol. The number of anilines is 1. The quantitative estimate of drug-likeness (QED) is 0.804. The van der Waals surface area contributed by atoms with Crippen LogP contribution in [0.5, 0.6) is 0 Å². The largest absolute Gasteiger partial charge is 0.357 e. The van der Waals surface area contributed by atoms with Gasteiger partial charge in [-0.05, 0) is 40.5 Å². The van der Waals surface area contributed by atoms with Gasteiger partial charge in [-0.3, -0.25) is 9.27 Å². The van der Waals surface area contributed by atoms with E-state index in [1.807, 2.05) is 11.6 Å². The molecule has 0 fully saturated rings. The lowest BCUT2D eigenvalue weighted by atomic mass is 10.2. The molecule has 0 saturated carbocycles. The zero-order valence-electron chi connectivity index (χ0n) is 6.78. The second-order valence-electron chi connectivity index (χ2n) is 2.56. The molecule has 0 bridgehead atoms. The Kier molecular flexibility index (Phi) is 2.94. The van der Waals surface area contributed by atoms with Crippen molar-refractivity contribution in [3.05, 3.63) is 28.2 Å². The van der Waals surface area contributed by atoms with Crippen LogP contribution in [0.2, 0.25) is 0 Å². The Balaban J connectivity index is 3.04. The van der Waals surface area contributed by atoms with Crippen molar-refractivity contribution in [1.82, 2.24) is 0 Å². The molecule has 0 aromatic heterocycles. The Labute approximate surface area is 85.0 Å². The molecule has 0 saturated heterocycles. The van der Waals surface area contributed by atoms with E-state index in [1.54, 1.807) is 18.2 Å². The smallest absolute Gasteiger partial charge is 0.269 e. The number of benzene rings is 1. The summed E-state index contributed by atoms with van der Waals surface area (Å²) in [5.74, 6) is 0. The van der Waals surface area contributed by atoms with E-state index < -0.39 is 10.3 Å². The summed E-state index contributed by atoms with van der Waals surface area (Å²) in [4.78, 5) is 0. The van der Waals surface area contributed by atoms with Gasteiger partial charge in [0.25, 0.3) is 0 Å². The predicted molar refractivity (Wildman–Crippen MR) is 54.1 cm³/mol. The van der Waals surface area contributed by atoms with Gasteiger partial charge in [0.05, 0.1) is 5.69 Å². The number of halogens is 1. The molecular formula is C7H8BrNO3S. The van der Waals surface area contributed by atoms with Gasteiger partial charge < -0.3 is 0 Å². The van der Waals surface area contributed by atoms with Crippen molar-refractivity contribution in [3.8, 4) is 0 Å². The first-order valence-corrected chi connectivity index (χ1v) is 5.63. The maximum atomic E-state index is 10.5. The molecule has 72 valence electrons. The molecule has 2 N–H and O–H groups in total. The standard InChI is InChI=1S/C7H8BrNO3S/c1-5-2-3-7(6(8)4-5)9-13(10,11)12/h2-4,9H,1H3,(H,10,11,12). The van der Waals surface area contributed by atoms with Crippen LogP contribution in [-0.2, 0) is 10.3 Å². The molecule has 0 aliphatic carbocycles. The summed E-state index contributed by atoms with van der Waals surface area (Å²) in [6.07, 6.45) is 0. The second kappa shape index (κ2) is 3.65. The van der Waals surface area contributed by atoms with Gasteiger partial charge in [0.15, 0.2) is 0 Å². The highest BCUT2D eigenvalue weighted by Crippen LogP contribution is 2.23. The minimum atomic E-state index is -4.19. The van der Waals surface area contributed by atoms with Crippen molar-refractivity contribution in [2.75, 3.05) is 4.72 Å². The topological polar surface area (TPSA) is 66.4 Å². The second-order valence-corrected chi connectivity index (χ2v) is 4.57. The normalized spacial score (nSPS) is 11.3. The summed E-state index contributed by atoms with van der Waals surface area (Å²) < 4.78 is 32.0. The zero-order chi connectivity index (χ0) is 10.1. The summed E-state index contributed by atoms with van der Waals surface area (Å²) >= 11 is 3.16. The fraction of sp³-hybridized carbons (Fsp3) is 0.143. The number of hydrogen-bond acceptors (Lipinski definition) is 2. The van der Waals surface area contributed by atoms with Crippen molar-refractivity contribution < 1.29 is 13.0 Å². The van der Waals surface area contributed by atoms with Gasteiger partial charge in [0.1, 0.15) is 0 Å². The summed E-state index contributed by atoms with van der Waals surface area (Å²) in [5.41, 5.74) is 1.31. The molecule has 1 aromatic rings. The molecule has 0 radical (unpaired) electrons. The lowest BCUT2D eigenvalue weighted by Crippen LogP contribution is -2.10. The van der Waals surface area contributed by atoms with Gasteiger partial charge in [-0.2, -0.15) is 8.42 Å². The first-order valence-electron chi connectivity index (χ1n) is 3.40. The maximum absolute atomic E-state index is 10.5. The molecule has 0 aliphatic heterocycles.